The third-order valence-corrected chi connectivity index (χ3v) is 5.86. The highest BCUT2D eigenvalue weighted by Crippen LogP contribution is 2.23. The van der Waals surface area contributed by atoms with Crippen molar-refractivity contribution in [1.29, 1.82) is 0 Å². The Labute approximate surface area is 136 Å². The summed E-state index contributed by atoms with van der Waals surface area (Å²) in [6, 6.07) is 7.09. The zero-order chi connectivity index (χ0) is 16.3. The van der Waals surface area contributed by atoms with Gasteiger partial charge in [-0.2, -0.15) is 4.31 Å². The fourth-order valence-electron chi connectivity index (χ4n) is 2.76. The van der Waals surface area contributed by atoms with Crippen LogP contribution in [0.5, 0.6) is 0 Å². The Hall–Kier alpha value is -1.57. The van der Waals surface area contributed by atoms with Gasteiger partial charge in [-0.1, -0.05) is 6.92 Å². The topological polar surface area (TPSA) is 66.9 Å². The molecule has 0 bridgehead atoms. The average molecular weight is 338 g/mol. The summed E-state index contributed by atoms with van der Waals surface area (Å²) in [5, 5.41) is 0.0449. The smallest absolute Gasteiger partial charge is 0.276 e. The molecule has 7 heteroatoms. The second kappa shape index (κ2) is 6.90. The van der Waals surface area contributed by atoms with Crippen LogP contribution in [-0.2, 0) is 23.1 Å². The largest absolute Gasteiger partial charge is 0.468 e. The van der Waals surface area contributed by atoms with Gasteiger partial charge in [-0.25, -0.2) is 8.42 Å². The molecule has 0 aliphatic carbocycles. The van der Waals surface area contributed by atoms with Gasteiger partial charge in [-0.15, -0.1) is 0 Å². The van der Waals surface area contributed by atoms with E-state index in [1.54, 1.807) is 18.4 Å². The van der Waals surface area contributed by atoms with E-state index < -0.39 is 10.0 Å². The molecule has 0 radical (unpaired) electrons. The lowest BCUT2D eigenvalue weighted by molar-refractivity contribution is 0.222. The molecule has 1 saturated heterocycles. The maximum Gasteiger partial charge on any atom is 0.276 e. The molecule has 3 rings (SSSR count). The number of hydrogen-bond acceptors (Lipinski definition) is 5. The van der Waals surface area contributed by atoms with E-state index >= 15 is 0 Å². The molecule has 0 N–H and O–H groups in total. The van der Waals surface area contributed by atoms with Gasteiger partial charge in [0, 0.05) is 13.1 Å². The molecule has 2 aromatic heterocycles. The fourth-order valence-corrected chi connectivity index (χ4v) is 4.21. The van der Waals surface area contributed by atoms with Crippen LogP contribution < -0.4 is 0 Å². The van der Waals surface area contributed by atoms with E-state index in [4.69, 9.17) is 8.83 Å². The van der Waals surface area contributed by atoms with E-state index in [1.165, 1.54) is 4.31 Å². The highest BCUT2D eigenvalue weighted by atomic mass is 32.2. The summed E-state index contributed by atoms with van der Waals surface area (Å²) in [6.07, 6.45) is 3.48. The lowest BCUT2D eigenvalue weighted by Crippen LogP contribution is -2.27. The SMILES string of the molecule is CCN(Cc1ccco1)Cc1ccc(S(=O)(=O)N2CCCC2)o1. The average Bonchev–Trinajstić information content (AvgIpc) is 3.28. The van der Waals surface area contributed by atoms with Crippen LogP contribution in [0.15, 0.2) is 44.5 Å². The monoisotopic (exact) mass is 338 g/mol. The molecule has 0 unspecified atom stereocenters. The van der Waals surface area contributed by atoms with Crippen molar-refractivity contribution >= 4 is 10.0 Å². The van der Waals surface area contributed by atoms with Crippen LogP contribution in [0.3, 0.4) is 0 Å². The Morgan fingerprint density at radius 1 is 1.13 bits per heavy atom. The van der Waals surface area contributed by atoms with Gasteiger partial charge in [-0.05, 0) is 43.7 Å². The molecule has 0 aromatic carbocycles. The van der Waals surface area contributed by atoms with Crippen molar-refractivity contribution in [3.05, 3.63) is 42.0 Å². The van der Waals surface area contributed by atoms with Gasteiger partial charge in [0.1, 0.15) is 11.5 Å². The predicted octanol–water partition coefficient (Wildman–Crippen LogP) is 2.68. The Morgan fingerprint density at radius 3 is 2.52 bits per heavy atom. The molecule has 0 saturated carbocycles. The van der Waals surface area contributed by atoms with Crippen LogP contribution in [0, 0.1) is 0 Å². The van der Waals surface area contributed by atoms with E-state index in [0.29, 0.717) is 31.9 Å². The molecular weight excluding hydrogens is 316 g/mol. The number of sulfonamides is 1. The fraction of sp³-hybridized carbons (Fsp3) is 0.500. The summed E-state index contributed by atoms with van der Waals surface area (Å²) < 4.78 is 37.4. The molecule has 2 aromatic rings. The van der Waals surface area contributed by atoms with Crippen molar-refractivity contribution < 1.29 is 17.3 Å². The van der Waals surface area contributed by atoms with E-state index in [2.05, 4.69) is 4.90 Å². The first-order valence-electron chi connectivity index (χ1n) is 7.93. The third-order valence-electron chi connectivity index (χ3n) is 4.08. The molecule has 1 aliphatic rings. The zero-order valence-electron chi connectivity index (χ0n) is 13.3. The molecule has 6 nitrogen and oxygen atoms in total. The van der Waals surface area contributed by atoms with Crippen molar-refractivity contribution in [1.82, 2.24) is 9.21 Å². The van der Waals surface area contributed by atoms with E-state index in [-0.39, 0.29) is 5.09 Å². The summed E-state index contributed by atoms with van der Waals surface area (Å²) in [5.74, 6) is 1.53. The van der Waals surface area contributed by atoms with Crippen molar-refractivity contribution in [3.8, 4) is 0 Å². The molecule has 126 valence electrons. The van der Waals surface area contributed by atoms with Gasteiger partial charge in [0.25, 0.3) is 10.0 Å². The minimum atomic E-state index is -3.48. The van der Waals surface area contributed by atoms with Crippen LogP contribution in [0.25, 0.3) is 0 Å². The Kier molecular flexibility index (Phi) is 4.89. The van der Waals surface area contributed by atoms with Crippen LogP contribution in [0.4, 0.5) is 0 Å². The van der Waals surface area contributed by atoms with Crippen LogP contribution >= 0.6 is 0 Å². The normalized spacial score (nSPS) is 16.4. The van der Waals surface area contributed by atoms with Gasteiger partial charge in [0.15, 0.2) is 0 Å². The maximum absolute atomic E-state index is 12.5. The molecule has 1 fully saturated rings. The first kappa shape index (κ1) is 16.3. The van der Waals surface area contributed by atoms with E-state index in [9.17, 15) is 8.42 Å². The predicted molar refractivity (Wildman–Crippen MR) is 85.2 cm³/mol. The first-order chi connectivity index (χ1) is 11.1. The zero-order valence-corrected chi connectivity index (χ0v) is 14.1. The second-order valence-electron chi connectivity index (χ2n) is 5.71. The number of nitrogens with zero attached hydrogens (tertiary/aromatic N) is 2. The van der Waals surface area contributed by atoms with Gasteiger partial charge in [-0.3, -0.25) is 4.90 Å². The molecule has 23 heavy (non-hydrogen) atoms. The minimum Gasteiger partial charge on any atom is -0.468 e. The molecule has 0 atom stereocenters. The van der Waals surface area contributed by atoms with Gasteiger partial charge in [0.05, 0.1) is 19.4 Å². The van der Waals surface area contributed by atoms with Gasteiger partial charge < -0.3 is 8.83 Å². The van der Waals surface area contributed by atoms with Crippen LogP contribution in [0.2, 0.25) is 0 Å². The second-order valence-corrected chi connectivity index (χ2v) is 7.58. The van der Waals surface area contributed by atoms with Crippen LogP contribution in [0.1, 0.15) is 31.3 Å². The standard InChI is InChI=1S/C16H22N2O4S/c1-2-17(12-14-6-5-11-21-14)13-15-7-8-16(22-15)23(19,20)18-9-3-4-10-18/h5-8,11H,2-4,9-10,12-13H2,1H3. The highest BCUT2D eigenvalue weighted by molar-refractivity contribution is 7.89. The summed E-state index contributed by atoms with van der Waals surface area (Å²) in [6.45, 7) is 5.24. The van der Waals surface area contributed by atoms with Crippen molar-refractivity contribution in [2.45, 2.75) is 37.9 Å². The van der Waals surface area contributed by atoms with E-state index in [0.717, 1.165) is 25.1 Å². The summed E-state index contributed by atoms with van der Waals surface area (Å²) in [5.41, 5.74) is 0. The lowest BCUT2D eigenvalue weighted by Gasteiger charge is -2.17. The quantitative estimate of drug-likeness (QED) is 0.776. The minimum absolute atomic E-state index is 0.0449. The number of furan rings is 2. The molecule has 0 spiro atoms. The number of hydrogen-bond donors (Lipinski definition) is 0. The van der Waals surface area contributed by atoms with Crippen molar-refractivity contribution in [2.24, 2.45) is 0 Å². The van der Waals surface area contributed by atoms with Crippen molar-refractivity contribution in [3.63, 3.8) is 0 Å². The van der Waals surface area contributed by atoms with Gasteiger partial charge >= 0.3 is 0 Å². The van der Waals surface area contributed by atoms with E-state index in [1.807, 2.05) is 19.1 Å². The van der Waals surface area contributed by atoms with Crippen LogP contribution in [-0.4, -0.2) is 37.3 Å². The summed E-state index contributed by atoms with van der Waals surface area (Å²) >= 11 is 0. The Balaban J connectivity index is 1.68. The van der Waals surface area contributed by atoms with Gasteiger partial charge in [0.2, 0.25) is 5.09 Å². The summed E-state index contributed by atoms with van der Waals surface area (Å²) in [4.78, 5) is 2.13. The number of rotatable bonds is 7. The molecule has 3 heterocycles. The van der Waals surface area contributed by atoms with Crippen molar-refractivity contribution in [2.75, 3.05) is 19.6 Å². The Bertz CT molecular complexity index is 715. The Morgan fingerprint density at radius 2 is 1.87 bits per heavy atom. The molecule has 1 aliphatic heterocycles. The first-order valence-corrected chi connectivity index (χ1v) is 9.37. The summed E-state index contributed by atoms with van der Waals surface area (Å²) in [7, 11) is -3.48. The molecule has 0 amide bonds. The third kappa shape index (κ3) is 3.68. The highest BCUT2D eigenvalue weighted by Gasteiger charge is 2.30. The maximum atomic E-state index is 12.5. The molecular formula is C16H22N2O4S. The lowest BCUT2D eigenvalue weighted by atomic mass is 10.3.